The molecule has 0 atom stereocenters. The summed E-state index contributed by atoms with van der Waals surface area (Å²) >= 11 is 6.13. The molecule has 1 heterocycles. The Bertz CT molecular complexity index is 766. The Labute approximate surface area is 167 Å². The highest BCUT2D eigenvalue weighted by Crippen LogP contribution is 2.30. The molecule has 1 N–H and O–H groups in total. The molecule has 1 aliphatic rings. The van der Waals surface area contributed by atoms with Gasteiger partial charge in [-0.2, -0.15) is 4.31 Å². The Hall–Kier alpha value is -1.31. The first-order chi connectivity index (χ1) is 12.5. The minimum atomic E-state index is -3.64. The van der Waals surface area contributed by atoms with Gasteiger partial charge < -0.3 is 10.1 Å². The number of nitrogens with one attached hydrogen (secondary N) is 1. The van der Waals surface area contributed by atoms with Gasteiger partial charge in [-0.05, 0) is 43.4 Å². The van der Waals surface area contributed by atoms with E-state index < -0.39 is 10.0 Å². The van der Waals surface area contributed by atoms with Crippen LogP contribution in [0, 0.1) is 11.3 Å². The largest absolute Gasteiger partial charge is 0.492 e. The highest BCUT2D eigenvalue weighted by Gasteiger charge is 2.32. The first kappa shape index (κ1) is 22.0. The van der Waals surface area contributed by atoms with Crippen LogP contribution < -0.4 is 10.1 Å². The van der Waals surface area contributed by atoms with Crippen molar-refractivity contribution < 1.29 is 17.9 Å². The number of sulfonamides is 1. The summed E-state index contributed by atoms with van der Waals surface area (Å²) in [5.74, 6) is 0.321. The fourth-order valence-corrected chi connectivity index (χ4v) is 4.71. The van der Waals surface area contributed by atoms with E-state index in [0.717, 1.165) is 0 Å². The SMILES string of the molecule is CCOc1ccc(S(=O)(=O)N2CCC(C(=O)NCC(C)(C)C)CC2)cc1Cl. The van der Waals surface area contributed by atoms with Gasteiger partial charge in [0.15, 0.2) is 0 Å². The number of hydrogen-bond acceptors (Lipinski definition) is 4. The molecule has 27 heavy (non-hydrogen) atoms. The van der Waals surface area contributed by atoms with E-state index in [1.807, 2.05) is 6.92 Å². The molecule has 1 aromatic carbocycles. The maximum atomic E-state index is 12.9. The Morgan fingerprint density at radius 3 is 2.44 bits per heavy atom. The normalized spacial score (nSPS) is 16.9. The molecule has 8 heteroatoms. The van der Waals surface area contributed by atoms with Crippen molar-refractivity contribution in [1.29, 1.82) is 0 Å². The molecular weight excluding hydrogens is 388 g/mol. The monoisotopic (exact) mass is 416 g/mol. The van der Waals surface area contributed by atoms with Crippen molar-refractivity contribution >= 4 is 27.5 Å². The van der Waals surface area contributed by atoms with Gasteiger partial charge in [-0.25, -0.2) is 8.42 Å². The maximum absolute atomic E-state index is 12.9. The van der Waals surface area contributed by atoms with E-state index in [9.17, 15) is 13.2 Å². The summed E-state index contributed by atoms with van der Waals surface area (Å²) < 4.78 is 32.5. The molecule has 1 aromatic rings. The lowest BCUT2D eigenvalue weighted by Crippen LogP contribution is -2.44. The zero-order chi connectivity index (χ0) is 20.2. The molecule has 1 saturated heterocycles. The molecule has 0 aliphatic carbocycles. The standard InChI is InChI=1S/C19H29ClN2O4S/c1-5-26-17-7-6-15(12-16(17)20)27(24,25)22-10-8-14(9-11-22)18(23)21-13-19(2,3)4/h6-7,12,14H,5,8-11,13H2,1-4H3,(H,21,23). The summed E-state index contributed by atoms with van der Waals surface area (Å²) in [6, 6.07) is 4.50. The van der Waals surface area contributed by atoms with E-state index in [1.165, 1.54) is 16.4 Å². The van der Waals surface area contributed by atoms with Crippen LogP contribution in [-0.4, -0.2) is 44.9 Å². The minimum absolute atomic E-state index is 0.00563. The number of benzene rings is 1. The lowest BCUT2D eigenvalue weighted by molar-refractivity contribution is -0.126. The second-order valence-corrected chi connectivity index (χ2v) is 10.3. The van der Waals surface area contributed by atoms with E-state index >= 15 is 0 Å². The zero-order valence-electron chi connectivity index (χ0n) is 16.4. The third kappa shape index (κ3) is 5.83. The fourth-order valence-electron chi connectivity index (χ4n) is 2.92. The number of hydrogen-bond donors (Lipinski definition) is 1. The maximum Gasteiger partial charge on any atom is 0.243 e. The highest BCUT2D eigenvalue weighted by atomic mass is 35.5. The number of halogens is 1. The van der Waals surface area contributed by atoms with Crippen molar-refractivity contribution in [3.8, 4) is 5.75 Å². The van der Waals surface area contributed by atoms with Crippen molar-refractivity contribution in [1.82, 2.24) is 9.62 Å². The van der Waals surface area contributed by atoms with Crippen molar-refractivity contribution in [3.63, 3.8) is 0 Å². The third-order valence-electron chi connectivity index (χ3n) is 4.46. The third-order valence-corrected chi connectivity index (χ3v) is 6.65. The number of carbonyl (C=O) groups is 1. The molecule has 152 valence electrons. The molecule has 2 rings (SSSR count). The van der Waals surface area contributed by atoms with Gasteiger partial charge >= 0.3 is 0 Å². The van der Waals surface area contributed by atoms with E-state index in [2.05, 4.69) is 26.1 Å². The van der Waals surface area contributed by atoms with Gasteiger partial charge in [-0.1, -0.05) is 32.4 Å². The summed E-state index contributed by atoms with van der Waals surface area (Å²) in [5.41, 5.74) is 0.0205. The van der Waals surface area contributed by atoms with Gasteiger partial charge in [-0.3, -0.25) is 4.79 Å². The second-order valence-electron chi connectivity index (χ2n) is 7.98. The number of carbonyl (C=O) groups excluding carboxylic acids is 1. The average Bonchev–Trinajstić information content (AvgIpc) is 2.61. The van der Waals surface area contributed by atoms with Crippen LogP contribution in [0.1, 0.15) is 40.5 Å². The van der Waals surface area contributed by atoms with Crippen LogP contribution in [-0.2, 0) is 14.8 Å². The number of amides is 1. The van der Waals surface area contributed by atoms with Gasteiger partial charge in [0.05, 0.1) is 16.5 Å². The highest BCUT2D eigenvalue weighted by molar-refractivity contribution is 7.89. The predicted octanol–water partition coefficient (Wildman–Crippen LogP) is 3.30. The molecular formula is C19H29ClN2O4S. The Kier molecular flexibility index (Phi) is 7.16. The van der Waals surface area contributed by atoms with Crippen molar-refractivity contribution in [2.24, 2.45) is 11.3 Å². The van der Waals surface area contributed by atoms with Crippen LogP contribution in [0.15, 0.2) is 23.1 Å². The van der Waals surface area contributed by atoms with Gasteiger partial charge in [-0.15, -0.1) is 0 Å². The quantitative estimate of drug-likeness (QED) is 0.771. The molecule has 0 bridgehead atoms. The van der Waals surface area contributed by atoms with Crippen LogP contribution in [0.5, 0.6) is 5.75 Å². The second kappa shape index (κ2) is 8.80. The van der Waals surface area contributed by atoms with Crippen LogP contribution in [0.2, 0.25) is 5.02 Å². The van der Waals surface area contributed by atoms with Crippen molar-refractivity contribution in [2.45, 2.75) is 45.4 Å². The average molecular weight is 417 g/mol. The van der Waals surface area contributed by atoms with Crippen LogP contribution in [0.4, 0.5) is 0 Å². The number of rotatable bonds is 6. The zero-order valence-corrected chi connectivity index (χ0v) is 18.0. The molecule has 0 spiro atoms. The molecule has 1 amide bonds. The van der Waals surface area contributed by atoms with Crippen LogP contribution >= 0.6 is 11.6 Å². The fraction of sp³-hybridized carbons (Fsp3) is 0.632. The topological polar surface area (TPSA) is 75.7 Å². The van der Waals surface area contributed by atoms with Crippen molar-refractivity contribution in [3.05, 3.63) is 23.2 Å². The molecule has 0 saturated carbocycles. The summed E-state index contributed by atoms with van der Waals surface area (Å²) in [5, 5.41) is 3.24. The number of ether oxygens (including phenoxy) is 1. The number of piperidine rings is 1. The van der Waals surface area contributed by atoms with E-state index in [0.29, 0.717) is 44.8 Å². The Morgan fingerprint density at radius 1 is 1.30 bits per heavy atom. The van der Waals surface area contributed by atoms with E-state index in [-0.39, 0.29) is 27.2 Å². The van der Waals surface area contributed by atoms with Gasteiger partial charge in [0.2, 0.25) is 15.9 Å². The van der Waals surface area contributed by atoms with Gasteiger partial charge in [0.1, 0.15) is 5.75 Å². The number of nitrogens with zero attached hydrogens (tertiary/aromatic N) is 1. The van der Waals surface area contributed by atoms with E-state index in [1.54, 1.807) is 6.07 Å². The lowest BCUT2D eigenvalue weighted by Gasteiger charge is -2.31. The molecule has 0 unspecified atom stereocenters. The van der Waals surface area contributed by atoms with Crippen molar-refractivity contribution in [2.75, 3.05) is 26.2 Å². The predicted molar refractivity (Wildman–Crippen MR) is 107 cm³/mol. The lowest BCUT2D eigenvalue weighted by atomic mass is 9.94. The van der Waals surface area contributed by atoms with Crippen LogP contribution in [0.25, 0.3) is 0 Å². The molecule has 1 fully saturated rings. The van der Waals surface area contributed by atoms with Gasteiger partial charge in [0, 0.05) is 25.6 Å². The smallest absolute Gasteiger partial charge is 0.243 e. The summed E-state index contributed by atoms with van der Waals surface area (Å²) in [7, 11) is -3.64. The van der Waals surface area contributed by atoms with E-state index in [4.69, 9.17) is 16.3 Å². The molecule has 1 aliphatic heterocycles. The molecule has 0 radical (unpaired) electrons. The first-order valence-corrected chi connectivity index (χ1v) is 11.1. The Morgan fingerprint density at radius 2 is 1.93 bits per heavy atom. The molecule has 0 aromatic heterocycles. The first-order valence-electron chi connectivity index (χ1n) is 9.25. The summed E-state index contributed by atoms with van der Waals surface area (Å²) in [4.78, 5) is 12.4. The summed E-state index contributed by atoms with van der Waals surface area (Å²) in [6.07, 6.45) is 1.03. The minimum Gasteiger partial charge on any atom is -0.492 e. The summed E-state index contributed by atoms with van der Waals surface area (Å²) in [6.45, 7) is 9.72. The van der Waals surface area contributed by atoms with Crippen LogP contribution in [0.3, 0.4) is 0 Å². The Balaban J connectivity index is 2.00. The van der Waals surface area contributed by atoms with Gasteiger partial charge in [0.25, 0.3) is 0 Å². The molecule has 6 nitrogen and oxygen atoms in total.